The van der Waals surface area contributed by atoms with E-state index >= 15 is 0 Å². The second kappa shape index (κ2) is 3.54. The minimum absolute atomic E-state index is 0.0920. The van der Waals surface area contributed by atoms with E-state index in [0.29, 0.717) is 0 Å². The van der Waals surface area contributed by atoms with Gasteiger partial charge in [0.2, 0.25) is 0 Å². The fourth-order valence-corrected chi connectivity index (χ4v) is 3.05. The molecule has 0 unspecified atom stereocenters. The molecule has 0 aliphatic heterocycles. The summed E-state index contributed by atoms with van der Waals surface area (Å²) in [6, 6.07) is 7.34. The van der Waals surface area contributed by atoms with Crippen LogP contribution in [-0.4, -0.2) is 5.54 Å². The van der Waals surface area contributed by atoms with Crippen molar-refractivity contribution in [1.82, 2.24) is 0 Å². The van der Waals surface area contributed by atoms with Gasteiger partial charge in [-0.15, -0.1) is 11.3 Å². The third-order valence-electron chi connectivity index (χ3n) is 3.31. The van der Waals surface area contributed by atoms with E-state index < -0.39 is 0 Å². The summed E-state index contributed by atoms with van der Waals surface area (Å²) in [4.78, 5) is 1.25. The van der Waals surface area contributed by atoms with E-state index in [1.54, 1.807) is 17.4 Å². The van der Waals surface area contributed by atoms with Gasteiger partial charge in [0.05, 0.1) is 4.70 Å². The molecule has 2 N–H and O–H groups in total. The number of thiophene rings is 1. The fraction of sp³-hybridized carbons (Fsp3) is 0.385. The summed E-state index contributed by atoms with van der Waals surface area (Å²) in [5.74, 6) is -0.109. The normalized spacial score (nSPS) is 17.9. The molecule has 0 amide bonds. The Balaban J connectivity index is 1.85. The van der Waals surface area contributed by atoms with Gasteiger partial charge in [0.15, 0.2) is 0 Å². The predicted octanol–water partition coefficient (Wildman–Crippen LogP) is 3.46. The number of rotatable bonds is 3. The first-order valence-electron chi connectivity index (χ1n) is 5.62. The summed E-state index contributed by atoms with van der Waals surface area (Å²) in [7, 11) is 0. The Morgan fingerprint density at radius 2 is 2.19 bits per heavy atom. The average Bonchev–Trinajstić information content (AvgIpc) is 2.84. The van der Waals surface area contributed by atoms with Crippen molar-refractivity contribution in [3.8, 4) is 0 Å². The molecule has 3 heteroatoms. The average molecular weight is 235 g/mol. The molecule has 0 atom stereocenters. The lowest BCUT2D eigenvalue weighted by molar-refractivity contribution is 0.613. The fourth-order valence-electron chi connectivity index (χ4n) is 1.99. The van der Waals surface area contributed by atoms with Crippen LogP contribution in [0.3, 0.4) is 0 Å². The van der Waals surface area contributed by atoms with Crippen molar-refractivity contribution in [2.45, 2.75) is 31.2 Å². The maximum absolute atomic E-state index is 13.5. The third kappa shape index (κ3) is 1.85. The lowest BCUT2D eigenvalue weighted by Crippen LogP contribution is -2.21. The van der Waals surface area contributed by atoms with Crippen LogP contribution >= 0.6 is 11.3 Å². The summed E-state index contributed by atoms with van der Waals surface area (Å²) in [6.07, 6.45) is 4.30. The summed E-state index contributed by atoms with van der Waals surface area (Å²) >= 11 is 1.56. The molecule has 1 aromatic heterocycles. The molecule has 1 heterocycles. The Kier molecular flexibility index (Phi) is 2.26. The van der Waals surface area contributed by atoms with Crippen molar-refractivity contribution in [3.63, 3.8) is 0 Å². The Hall–Kier alpha value is -0.930. The largest absolute Gasteiger partial charge is 0.325 e. The monoisotopic (exact) mass is 235 g/mol. The van der Waals surface area contributed by atoms with Crippen LogP contribution in [0.4, 0.5) is 4.39 Å². The standard InChI is InChI=1S/C13H14FNS/c14-11-3-1-2-9-8-10(16-12(9)11)4-5-13(15)6-7-13/h1-3,8H,4-7,15H2. The summed E-state index contributed by atoms with van der Waals surface area (Å²) in [5, 5.41) is 1.02. The number of benzene rings is 1. The van der Waals surface area contributed by atoms with Gasteiger partial charge in [0, 0.05) is 10.4 Å². The van der Waals surface area contributed by atoms with Crippen molar-refractivity contribution < 1.29 is 4.39 Å². The lowest BCUT2D eigenvalue weighted by atomic mass is 10.1. The van der Waals surface area contributed by atoms with Crippen LogP contribution in [0.1, 0.15) is 24.1 Å². The number of nitrogens with two attached hydrogens (primary N) is 1. The SMILES string of the molecule is NC1(CCc2cc3cccc(F)c3s2)CC1. The van der Waals surface area contributed by atoms with Crippen LogP contribution in [0.2, 0.25) is 0 Å². The van der Waals surface area contributed by atoms with Gasteiger partial charge >= 0.3 is 0 Å². The van der Waals surface area contributed by atoms with Gasteiger partial charge < -0.3 is 5.73 Å². The van der Waals surface area contributed by atoms with Crippen LogP contribution in [-0.2, 0) is 6.42 Å². The molecule has 3 rings (SSSR count). The first kappa shape index (κ1) is 10.2. The predicted molar refractivity (Wildman–Crippen MR) is 66.3 cm³/mol. The van der Waals surface area contributed by atoms with Crippen LogP contribution in [0.5, 0.6) is 0 Å². The highest BCUT2D eigenvalue weighted by molar-refractivity contribution is 7.19. The highest BCUT2D eigenvalue weighted by Gasteiger charge is 2.37. The molecular weight excluding hydrogens is 221 g/mol. The molecule has 1 aliphatic rings. The van der Waals surface area contributed by atoms with Crippen molar-refractivity contribution >= 4 is 21.4 Å². The second-order valence-electron chi connectivity index (χ2n) is 4.73. The number of hydrogen-bond donors (Lipinski definition) is 1. The number of hydrogen-bond acceptors (Lipinski definition) is 2. The smallest absolute Gasteiger partial charge is 0.140 e. The van der Waals surface area contributed by atoms with Crippen molar-refractivity contribution in [2.75, 3.05) is 0 Å². The Labute approximate surface area is 98.1 Å². The first-order valence-corrected chi connectivity index (χ1v) is 6.44. The highest BCUT2D eigenvalue weighted by atomic mass is 32.1. The topological polar surface area (TPSA) is 26.0 Å². The molecule has 84 valence electrons. The van der Waals surface area contributed by atoms with Gasteiger partial charge in [0.1, 0.15) is 5.82 Å². The van der Waals surface area contributed by atoms with E-state index in [1.807, 2.05) is 6.07 Å². The molecule has 1 aromatic carbocycles. The molecule has 0 spiro atoms. The zero-order chi connectivity index (χ0) is 11.2. The van der Waals surface area contributed by atoms with E-state index in [1.165, 1.54) is 10.9 Å². The maximum Gasteiger partial charge on any atom is 0.140 e. The zero-order valence-corrected chi connectivity index (χ0v) is 9.82. The third-order valence-corrected chi connectivity index (χ3v) is 4.53. The van der Waals surface area contributed by atoms with Gasteiger partial charge in [-0.1, -0.05) is 12.1 Å². The van der Waals surface area contributed by atoms with Crippen LogP contribution in [0, 0.1) is 5.82 Å². The van der Waals surface area contributed by atoms with Gasteiger partial charge in [0.25, 0.3) is 0 Å². The van der Waals surface area contributed by atoms with Crippen LogP contribution < -0.4 is 5.73 Å². The van der Waals surface area contributed by atoms with E-state index in [0.717, 1.165) is 35.8 Å². The quantitative estimate of drug-likeness (QED) is 0.866. The van der Waals surface area contributed by atoms with E-state index in [4.69, 9.17) is 5.73 Å². The number of aryl methyl sites for hydroxylation is 1. The molecule has 2 aromatic rings. The van der Waals surface area contributed by atoms with Gasteiger partial charge in [-0.2, -0.15) is 0 Å². The summed E-state index contributed by atoms with van der Waals surface area (Å²) in [6.45, 7) is 0. The molecular formula is C13H14FNS. The minimum atomic E-state index is -0.109. The Morgan fingerprint density at radius 3 is 2.88 bits per heavy atom. The molecule has 0 bridgehead atoms. The van der Waals surface area contributed by atoms with Crippen molar-refractivity contribution in [1.29, 1.82) is 0 Å². The van der Waals surface area contributed by atoms with Gasteiger partial charge in [-0.25, -0.2) is 4.39 Å². The van der Waals surface area contributed by atoms with Crippen LogP contribution in [0.25, 0.3) is 10.1 Å². The van der Waals surface area contributed by atoms with Crippen LogP contribution in [0.15, 0.2) is 24.3 Å². The lowest BCUT2D eigenvalue weighted by Gasteiger charge is -2.05. The van der Waals surface area contributed by atoms with Crippen molar-refractivity contribution in [2.24, 2.45) is 5.73 Å². The second-order valence-corrected chi connectivity index (χ2v) is 5.87. The van der Waals surface area contributed by atoms with E-state index in [9.17, 15) is 4.39 Å². The van der Waals surface area contributed by atoms with Gasteiger partial charge in [-0.05, 0) is 43.2 Å². The molecule has 0 saturated heterocycles. The number of fused-ring (bicyclic) bond motifs is 1. The minimum Gasteiger partial charge on any atom is -0.325 e. The number of halogens is 1. The Bertz CT molecular complexity index is 528. The molecule has 0 radical (unpaired) electrons. The Morgan fingerprint density at radius 1 is 1.38 bits per heavy atom. The first-order chi connectivity index (χ1) is 7.66. The maximum atomic E-state index is 13.5. The molecule has 1 aliphatic carbocycles. The molecule has 1 nitrogen and oxygen atoms in total. The van der Waals surface area contributed by atoms with E-state index in [-0.39, 0.29) is 11.4 Å². The van der Waals surface area contributed by atoms with E-state index in [2.05, 4.69) is 6.07 Å². The summed E-state index contributed by atoms with van der Waals surface area (Å²) < 4.78 is 14.2. The summed E-state index contributed by atoms with van der Waals surface area (Å²) in [5.41, 5.74) is 6.14. The highest BCUT2D eigenvalue weighted by Crippen LogP contribution is 2.38. The van der Waals surface area contributed by atoms with Crippen molar-refractivity contribution in [3.05, 3.63) is 35.0 Å². The zero-order valence-electron chi connectivity index (χ0n) is 9.00. The molecule has 16 heavy (non-hydrogen) atoms. The van der Waals surface area contributed by atoms with Gasteiger partial charge in [-0.3, -0.25) is 0 Å². The molecule has 1 fully saturated rings. The molecule has 1 saturated carbocycles.